The number of hydrogen-bond acceptors (Lipinski definition) is 2. The van der Waals surface area contributed by atoms with Gasteiger partial charge in [0.15, 0.2) is 6.29 Å². The van der Waals surface area contributed by atoms with Crippen molar-refractivity contribution in [3.63, 3.8) is 0 Å². The molecule has 1 aliphatic carbocycles. The van der Waals surface area contributed by atoms with Gasteiger partial charge in [0.05, 0.1) is 6.61 Å². The van der Waals surface area contributed by atoms with Crippen LogP contribution in [0.15, 0.2) is 11.6 Å². The number of hydrogen-bond donors (Lipinski definition) is 1. The predicted molar refractivity (Wildman–Crippen MR) is 67.6 cm³/mol. The Morgan fingerprint density at radius 1 is 1.32 bits per heavy atom. The highest BCUT2D eigenvalue weighted by atomic mass is 19.4. The van der Waals surface area contributed by atoms with E-state index >= 15 is 0 Å². The number of rotatable bonds is 6. The molecule has 0 aromatic rings. The van der Waals surface area contributed by atoms with Gasteiger partial charge in [-0.3, -0.25) is 0 Å². The molecule has 1 fully saturated rings. The van der Waals surface area contributed by atoms with E-state index in [-0.39, 0.29) is 6.61 Å². The zero-order chi connectivity index (χ0) is 14.3. The molecule has 0 bridgehead atoms. The molecule has 0 heterocycles. The fourth-order valence-corrected chi connectivity index (χ4v) is 2.43. The zero-order valence-electron chi connectivity index (χ0n) is 11.4. The summed E-state index contributed by atoms with van der Waals surface area (Å²) in [6, 6.07) is 0. The third-order valence-corrected chi connectivity index (χ3v) is 3.48. The highest BCUT2D eigenvalue weighted by Gasteiger charge is 2.39. The first kappa shape index (κ1) is 16.5. The largest absolute Gasteiger partial charge is 0.412 e. The van der Waals surface area contributed by atoms with Gasteiger partial charge in [-0.1, -0.05) is 32.6 Å². The molecule has 1 saturated carbocycles. The highest BCUT2D eigenvalue weighted by Crippen LogP contribution is 2.39. The number of aliphatic hydroxyl groups is 1. The molecule has 1 unspecified atom stereocenters. The third kappa shape index (κ3) is 5.95. The minimum absolute atomic E-state index is 0.282. The van der Waals surface area contributed by atoms with Crippen LogP contribution in [0.3, 0.4) is 0 Å². The molecule has 5 heteroatoms. The fraction of sp³-hybridized carbons (Fsp3) is 0.857. The van der Waals surface area contributed by atoms with Crippen LogP contribution < -0.4 is 0 Å². The van der Waals surface area contributed by atoms with E-state index in [0.717, 1.165) is 38.2 Å². The summed E-state index contributed by atoms with van der Waals surface area (Å²) in [4.78, 5) is 0. The SMILES string of the molecule is CCCCOC(O)/C=C(/C1CCCCC1)C(F)(F)F. The minimum atomic E-state index is -4.38. The van der Waals surface area contributed by atoms with Crippen LogP contribution in [0.25, 0.3) is 0 Å². The van der Waals surface area contributed by atoms with Gasteiger partial charge in [0.2, 0.25) is 0 Å². The summed E-state index contributed by atoms with van der Waals surface area (Å²) in [5.74, 6) is -0.488. The fourth-order valence-electron chi connectivity index (χ4n) is 2.43. The molecule has 1 N–H and O–H groups in total. The topological polar surface area (TPSA) is 29.5 Å². The van der Waals surface area contributed by atoms with Gasteiger partial charge in [-0.05, 0) is 31.3 Å². The van der Waals surface area contributed by atoms with Crippen molar-refractivity contribution in [1.82, 2.24) is 0 Å². The summed E-state index contributed by atoms with van der Waals surface area (Å²) in [6.07, 6.45) is 0.376. The Kier molecular flexibility index (Phi) is 6.86. The lowest BCUT2D eigenvalue weighted by Crippen LogP contribution is -2.24. The number of allylic oxidation sites excluding steroid dienone is 1. The highest BCUT2D eigenvalue weighted by molar-refractivity contribution is 5.15. The normalized spacial score (nSPS) is 20.6. The Balaban J connectivity index is 2.67. The van der Waals surface area contributed by atoms with Crippen LogP contribution in [0.2, 0.25) is 0 Å². The van der Waals surface area contributed by atoms with Crippen molar-refractivity contribution in [3.05, 3.63) is 11.6 Å². The molecular weight excluding hydrogens is 257 g/mol. The van der Waals surface area contributed by atoms with Gasteiger partial charge in [0.1, 0.15) is 0 Å². The average molecular weight is 280 g/mol. The van der Waals surface area contributed by atoms with Gasteiger partial charge in [-0.2, -0.15) is 13.2 Å². The maximum absolute atomic E-state index is 13.0. The number of halogens is 3. The first-order chi connectivity index (χ1) is 8.95. The van der Waals surface area contributed by atoms with E-state index in [2.05, 4.69) is 0 Å². The van der Waals surface area contributed by atoms with Crippen LogP contribution in [0.5, 0.6) is 0 Å². The molecule has 112 valence electrons. The predicted octanol–water partition coefficient (Wildman–Crippen LogP) is 4.19. The molecule has 0 aromatic heterocycles. The van der Waals surface area contributed by atoms with Crippen LogP contribution in [0.4, 0.5) is 13.2 Å². The summed E-state index contributed by atoms with van der Waals surface area (Å²) in [5.41, 5.74) is -0.615. The van der Waals surface area contributed by atoms with Gasteiger partial charge < -0.3 is 9.84 Å². The van der Waals surface area contributed by atoms with Crippen LogP contribution in [-0.4, -0.2) is 24.2 Å². The van der Waals surface area contributed by atoms with Crippen molar-refractivity contribution < 1.29 is 23.0 Å². The number of ether oxygens (including phenoxy) is 1. The van der Waals surface area contributed by atoms with Crippen molar-refractivity contribution >= 4 is 0 Å². The average Bonchev–Trinajstić information content (AvgIpc) is 2.36. The number of unbranched alkanes of at least 4 members (excludes halogenated alkanes) is 1. The zero-order valence-corrected chi connectivity index (χ0v) is 11.4. The summed E-state index contributed by atoms with van der Waals surface area (Å²) in [7, 11) is 0. The molecular formula is C14H23F3O2. The lowest BCUT2D eigenvalue weighted by molar-refractivity contribution is -0.108. The Hall–Kier alpha value is -0.550. The number of aliphatic hydroxyl groups excluding tert-OH is 1. The van der Waals surface area contributed by atoms with Gasteiger partial charge in [0.25, 0.3) is 0 Å². The molecule has 1 atom stereocenters. The Bertz CT molecular complexity index is 281. The van der Waals surface area contributed by atoms with Gasteiger partial charge in [-0.25, -0.2) is 0 Å². The van der Waals surface area contributed by atoms with Crippen LogP contribution >= 0.6 is 0 Å². The van der Waals surface area contributed by atoms with Gasteiger partial charge in [-0.15, -0.1) is 0 Å². The van der Waals surface area contributed by atoms with Crippen LogP contribution in [0.1, 0.15) is 51.9 Å². The molecule has 1 rings (SSSR count). The van der Waals surface area contributed by atoms with Crippen molar-refractivity contribution in [2.75, 3.05) is 6.61 Å². The second-order valence-electron chi connectivity index (χ2n) is 5.07. The molecule has 0 saturated heterocycles. The van der Waals surface area contributed by atoms with Crippen LogP contribution in [0, 0.1) is 5.92 Å². The third-order valence-electron chi connectivity index (χ3n) is 3.48. The molecule has 1 aliphatic rings. The molecule has 0 aliphatic heterocycles. The first-order valence-electron chi connectivity index (χ1n) is 7.03. The minimum Gasteiger partial charge on any atom is -0.365 e. The van der Waals surface area contributed by atoms with E-state index in [1.54, 1.807) is 0 Å². The van der Waals surface area contributed by atoms with Crippen molar-refractivity contribution in [2.24, 2.45) is 5.92 Å². The van der Waals surface area contributed by atoms with Crippen molar-refractivity contribution in [2.45, 2.75) is 64.3 Å². The second kappa shape index (κ2) is 7.90. The molecule has 19 heavy (non-hydrogen) atoms. The summed E-state index contributed by atoms with van der Waals surface area (Å²) >= 11 is 0. The van der Waals surface area contributed by atoms with Crippen molar-refractivity contribution in [1.29, 1.82) is 0 Å². The molecule has 0 spiro atoms. The van der Waals surface area contributed by atoms with E-state index in [4.69, 9.17) is 4.74 Å². The Morgan fingerprint density at radius 3 is 2.47 bits per heavy atom. The van der Waals surface area contributed by atoms with Crippen molar-refractivity contribution in [3.8, 4) is 0 Å². The second-order valence-corrected chi connectivity index (χ2v) is 5.07. The molecule has 0 amide bonds. The lowest BCUT2D eigenvalue weighted by Gasteiger charge is -2.26. The smallest absolute Gasteiger partial charge is 0.365 e. The van der Waals surface area contributed by atoms with Gasteiger partial charge in [0, 0.05) is 5.57 Å². The monoisotopic (exact) mass is 280 g/mol. The summed E-state index contributed by atoms with van der Waals surface area (Å²) in [6.45, 7) is 2.23. The molecule has 2 nitrogen and oxygen atoms in total. The number of alkyl halides is 3. The van der Waals surface area contributed by atoms with E-state index in [1.807, 2.05) is 6.92 Å². The maximum atomic E-state index is 13.0. The Morgan fingerprint density at radius 2 is 1.95 bits per heavy atom. The molecule has 0 radical (unpaired) electrons. The van der Waals surface area contributed by atoms with E-state index in [0.29, 0.717) is 12.8 Å². The molecule has 0 aromatic carbocycles. The first-order valence-corrected chi connectivity index (χ1v) is 7.03. The maximum Gasteiger partial charge on any atom is 0.412 e. The lowest BCUT2D eigenvalue weighted by atomic mass is 9.83. The van der Waals surface area contributed by atoms with E-state index in [9.17, 15) is 18.3 Å². The van der Waals surface area contributed by atoms with E-state index in [1.165, 1.54) is 0 Å². The quantitative estimate of drug-likeness (QED) is 0.449. The standard InChI is InChI=1S/C14H23F3O2/c1-2-3-9-19-13(18)10-12(14(15,16)17)11-7-5-4-6-8-11/h10-11,13,18H,2-9H2,1H3/b12-10-. The van der Waals surface area contributed by atoms with E-state index < -0.39 is 24.0 Å². The Labute approximate surface area is 112 Å². The van der Waals surface area contributed by atoms with Gasteiger partial charge >= 0.3 is 6.18 Å². The summed E-state index contributed by atoms with van der Waals surface area (Å²) < 4.78 is 44.0. The summed E-state index contributed by atoms with van der Waals surface area (Å²) in [5, 5.41) is 9.54. The van der Waals surface area contributed by atoms with Crippen LogP contribution in [-0.2, 0) is 4.74 Å².